The molecule has 10 heavy (non-hydrogen) atoms. The lowest BCUT2D eigenvalue weighted by atomic mass is 10.4. The van der Waals surface area contributed by atoms with Crippen LogP contribution < -0.4 is 0 Å². The van der Waals surface area contributed by atoms with Crippen LogP contribution in [0.4, 0.5) is 0 Å². The molecule has 0 atom stereocenters. The normalized spacial score (nSPS) is 9.30. The Morgan fingerprint density at radius 3 is 2.80 bits per heavy atom. The monoisotopic (exact) mass is 202 g/mol. The number of carboxylic acid groups (broad SMARTS) is 1. The third-order valence-corrected chi connectivity index (χ3v) is 1.51. The lowest BCUT2D eigenvalue weighted by Crippen LogP contribution is -2.02. The molecule has 4 nitrogen and oxygen atoms in total. The molecule has 1 aromatic heterocycles. The molecule has 0 aromatic carbocycles. The predicted octanol–water partition coefficient (Wildman–Crippen LogP) is 0.937. The zero-order valence-electron chi connectivity index (χ0n) is 4.78. The summed E-state index contributed by atoms with van der Waals surface area (Å²) >= 11 is 3.01. The van der Waals surface area contributed by atoms with Gasteiger partial charge >= 0.3 is 5.97 Å². The molecule has 0 radical (unpaired) electrons. The summed E-state index contributed by atoms with van der Waals surface area (Å²) in [6, 6.07) is 1.52. The molecule has 0 fully saturated rings. The average Bonchev–Trinajstić information content (AvgIpc) is 1.88. The first-order valence-electron chi connectivity index (χ1n) is 2.42. The van der Waals surface area contributed by atoms with Crippen molar-refractivity contribution in [1.82, 2.24) is 10.2 Å². The van der Waals surface area contributed by atoms with Crippen LogP contribution in [0.25, 0.3) is 0 Å². The molecule has 0 unspecified atom stereocenters. The smallest absolute Gasteiger partial charge is 0.357 e. The minimum Gasteiger partial charge on any atom is -0.476 e. The predicted molar refractivity (Wildman–Crippen MR) is 36.7 cm³/mol. The number of aromatic carboxylic acids is 1. The van der Waals surface area contributed by atoms with Crippen molar-refractivity contribution >= 4 is 21.9 Å². The van der Waals surface area contributed by atoms with Gasteiger partial charge in [-0.25, -0.2) is 4.79 Å². The number of carboxylic acids is 1. The molecule has 0 bridgehead atoms. The Hall–Kier alpha value is -0.970. The minimum absolute atomic E-state index is 0.0671. The zero-order chi connectivity index (χ0) is 7.56. The molecule has 5 heteroatoms. The second kappa shape index (κ2) is 2.74. The second-order valence-corrected chi connectivity index (χ2v) is 2.39. The molecular formula is C5H3BrN2O2. The van der Waals surface area contributed by atoms with E-state index in [2.05, 4.69) is 26.1 Å². The molecule has 0 saturated heterocycles. The fraction of sp³-hybridized carbons (Fsp3) is 0. The highest BCUT2D eigenvalue weighted by Crippen LogP contribution is 2.11. The van der Waals surface area contributed by atoms with Gasteiger partial charge in [0.2, 0.25) is 0 Å². The van der Waals surface area contributed by atoms with Gasteiger partial charge in [-0.3, -0.25) is 0 Å². The maximum atomic E-state index is 10.3. The van der Waals surface area contributed by atoms with Crippen LogP contribution in [0.1, 0.15) is 10.5 Å². The van der Waals surface area contributed by atoms with E-state index < -0.39 is 5.97 Å². The SMILES string of the molecule is O=C(O)c1nnccc1Br. The summed E-state index contributed by atoms with van der Waals surface area (Å²) in [5.74, 6) is -1.08. The van der Waals surface area contributed by atoms with Crippen LogP contribution in [-0.4, -0.2) is 21.3 Å². The van der Waals surface area contributed by atoms with E-state index in [0.29, 0.717) is 4.47 Å². The van der Waals surface area contributed by atoms with Gasteiger partial charge in [-0.1, -0.05) is 0 Å². The highest BCUT2D eigenvalue weighted by molar-refractivity contribution is 9.10. The van der Waals surface area contributed by atoms with Gasteiger partial charge in [-0.2, -0.15) is 5.10 Å². The molecule has 1 heterocycles. The van der Waals surface area contributed by atoms with Crippen molar-refractivity contribution in [3.63, 3.8) is 0 Å². The molecule has 0 spiro atoms. The lowest BCUT2D eigenvalue weighted by Gasteiger charge is -1.92. The van der Waals surface area contributed by atoms with E-state index in [-0.39, 0.29) is 5.69 Å². The van der Waals surface area contributed by atoms with Crippen molar-refractivity contribution in [3.05, 3.63) is 22.4 Å². The first-order valence-corrected chi connectivity index (χ1v) is 3.21. The molecule has 1 aromatic rings. The van der Waals surface area contributed by atoms with Gasteiger partial charge in [0.05, 0.1) is 10.7 Å². The van der Waals surface area contributed by atoms with Gasteiger partial charge < -0.3 is 5.11 Å². The number of hydrogen-bond donors (Lipinski definition) is 1. The van der Waals surface area contributed by atoms with E-state index in [4.69, 9.17) is 5.11 Å². The van der Waals surface area contributed by atoms with Crippen molar-refractivity contribution in [2.24, 2.45) is 0 Å². The van der Waals surface area contributed by atoms with Crippen LogP contribution in [-0.2, 0) is 0 Å². The summed E-state index contributed by atoms with van der Waals surface area (Å²) in [7, 11) is 0. The van der Waals surface area contributed by atoms with Crippen molar-refractivity contribution in [3.8, 4) is 0 Å². The van der Waals surface area contributed by atoms with Gasteiger partial charge in [-0.05, 0) is 22.0 Å². The van der Waals surface area contributed by atoms with Crippen molar-refractivity contribution in [2.75, 3.05) is 0 Å². The molecule has 52 valence electrons. The quantitative estimate of drug-likeness (QED) is 0.737. The summed E-state index contributed by atoms with van der Waals surface area (Å²) in [6.07, 6.45) is 1.41. The van der Waals surface area contributed by atoms with E-state index in [1.165, 1.54) is 12.3 Å². The van der Waals surface area contributed by atoms with Crippen molar-refractivity contribution in [2.45, 2.75) is 0 Å². The number of aromatic nitrogens is 2. The van der Waals surface area contributed by atoms with E-state index in [1.807, 2.05) is 0 Å². The first kappa shape index (κ1) is 7.14. The Kier molecular flexibility index (Phi) is 1.96. The Morgan fingerprint density at radius 2 is 2.40 bits per heavy atom. The number of rotatable bonds is 1. The van der Waals surface area contributed by atoms with Crippen molar-refractivity contribution in [1.29, 1.82) is 0 Å². The average molecular weight is 203 g/mol. The minimum atomic E-state index is -1.08. The van der Waals surface area contributed by atoms with Gasteiger partial charge in [-0.15, -0.1) is 5.10 Å². The Balaban J connectivity index is 3.15. The fourth-order valence-electron chi connectivity index (χ4n) is 0.461. The maximum absolute atomic E-state index is 10.3. The standard InChI is InChI=1S/C5H3BrN2O2/c6-3-1-2-7-8-4(3)5(9)10/h1-2H,(H,9,10). The van der Waals surface area contributed by atoms with Crippen LogP contribution in [0.5, 0.6) is 0 Å². The fourth-order valence-corrected chi connectivity index (χ4v) is 0.829. The number of hydrogen-bond acceptors (Lipinski definition) is 3. The zero-order valence-corrected chi connectivity index (χ0v) is 6.37. The third kappa shape index (κ3) is 1.30. The Morgan fingerprint density at radius 1 is 1.70 bits per heavy atom. The van der Waals surface area contributed by atoms with Crippen LogP contribution in [0.15, 0.2) is 16.7 Å². The van der Waals surface area contributed by atoms with E-state index >= 15 is 0 Å². The first-order chi connectivity index (χ1) is 4.72. The summed E-state index contributed by atoms with van der Waals surface area (Å²) in [6.45, 7) is 0. The molecule has 0 aliphatic heterocycles. The number of halogens is 1. The molecule has 0 amide bonds. The van der Waals surface area contributed by atoms with Crippen LogP contribution >= 0.6 is 15.9 Å². The molecule has 0 aliphatic rings. The van der Waals surface area contributed by atoms with Crippen LogP contribution in [0, 0.1) is 0 Å². The number of nitrogens with zero attached hydrogens (tertiary/aromatic N) is 2. The Labute approximate surface area is 65.0 Å². The van der Waals surface area contributed by atoms with Crippen molar-refractivity contribution < 1.29 is 9.90 Å². The van der Waals surface area contributed by atoms with E-state index in [0.717, 1.165) is 0 Å². The van der Waals surface area contributed by atoms with Gasteiger partial charge in [0, 0.05) is 0 Å². The number of carbonyl (C=O) groups is 1. The lowest BCUT2D eigenvalue weighted by molar-refractivity contribution is 0.0688. The van der Waals surface area contributed by atoms with Crippen LogP contribution in [0.2, 0.25) is 0 Å². The third-order valence-electron chi connectivity index (χ3n) is 0.874. The van der Waals surface area contributed by atoms with Gasteiger partial charge in [0.1, 0.15) is 0 Å². The Bertz CT molecular complexity index is 264. The largest absolute Gasteiger partial charge is 0.476 e. The molecule has 0 saturated carbocycles. The summed E-state index contributed by atoms with van der Waals surface area (Å²) in [5, 5.41) is 15.2. The second-order valence-electron chi connectivity index (χ2n) is 1.53. The highest BCUT2D eigenvalue weighted by atomic mass is 79.9. The van der Waals surface area contributed by atoms with Gasteiger partial charge in [0.15, 0.2) is 5.69 Å². The van der Waals surface area contributed by atoms with E-state index in [9.17, 15) is 4.79 Å². The molecule has 1 rings (SSSR count). The highest BCUT2D eigenvalue weighted by Gasteiger charge is 2.08. The maximum Gasteiger partial charge on any atom is 0.357 e. The summed E-state index contributed by atoms with van der Waals surface area (Å²) < 4.78 is 0.440. The summed E-state index contributed by atoms with van der Waals surface area (Å²) in [5.41, 5.74) is -0.0671. The van der Waals surface area contributed by atoms with Crippen LogP contribution in [0.3, 0.4) is 0 Å². The molecule has 0 aliphatic carbocycles. The molecule has 1 N–H and O–H groups in total. The van der Waals surface area contributed by atoms with E-state index in [1.54, 1.807) is 0 Å². The molecular weight excluding hydrogens is 200 g/mol. The topological polar surface area (TPSA) is 63.1 Å². The summed E-state index contributed by atoms with van der Waals surface area (Å²) in [4.78, 5) is 10.3. The van der Waals surface area contributed by atoms with Gasteiger partial charge in [0.25, 0.3) is 0 Å².